The number of benzene rings is 2. The van der Waals surface area contributed by atoms with Crippen molar-refractivity contribution in [2.45, 2.75) is 6.42 Å². The van der Waals surface area contributed by atoms with Gasteiger partial charge in [0.15, 0.2) is 6.54 Å². The lowest BCUT2D eigenvalue weighted by molar-refractivity contribution is -0.892. The number of nitrogens with one attached hydrogen (secondary N) is 1. The number of piperazine rings is 1. The molecule has 3 rings (SSSR count). The number of nitrogens with zero attached hydrogens (tertiary/aromatic N) is 3. The Kier molecular flexibility index (Phi) is 7.52. The molecule has 0 aromatic heterocycles. The molecule has 2 aromatic carbocycles. The second-order valence-electron chi connectivity index (χ2n) is 7.24. The predicted octanol–water partition coefficient (Wildman–Crippen LogP) is 1.36. The van der Waals surface area contributed by atoms with Gasteiger partial charge < -0.3 is 24.2 Å². The van der Waals surface area contributed by atoms with Crippen LogP contribution in [-0.2, 0) is 4.79 Å². The summed E-state index contributed by atoms with van der Waals surface area (Å²) in [6.45, 7) is 4.32. The van der Waals surface area contributed by atoms with Gasteiger partial charge in [0.1, 0.15) is 11.5 Å². The number of amides is 1. The number of para-hydroxylation sites is 2. The lowest BCUT2D eigenvalue weighted by Gasteiger charge is -2.34. The van der Waals surface area contributed by atoms with E-state index < -0.39 is 0 Å². The van der Waals surface area contributed by atoms with Gasteiger partial charge in [-0.05, 0) is 36.4 Å². The Bertz CT molecular complexity index is 871. The number of hydrogen-bond acceptors (Lipinski definition) is 5. The maximum Gasteiger partial charge on any atom is 0.282 e. The zero-order valence-corrected chi connectivity index (χ0v) is 17.6. The Hall–Kier alpha value is -3.24. The van der Waals surface area contributed by atoms with Crippen molar-refractivity contribution in [2.75, 3.05) is 63.3 Å². The van der Waals surface area contributed by atoms with Crippen LogP contribution in [0.4, 0.5) is 11.4 Å². The Balaban J connectivity index is 1.61. The number of ether oxygens (including phenoxy) is 2. The number of nitriles is 1. The Morgan fingerprint density at radius 3 is 2.43 bits per heavy atom. The summed E-state index contributed by atoms with van der Waals surface area (Å²) in [5.41, 5.74) is 1.89. The Labute approximate surface area is 178 Å². The molecule has 1 aliphatic rings. The molecule has 1 fully saturated rings. The molecule has 7 heteroatoms. The summed E-state index contributed by atoms with van der Waals surface area (Å²) < 4.78 is 10.7. The van der Waals surface area contributed by atoms with Crippen molar-refractivity contribution in [3.05, 3.63) is 48.5 Å². The van der Waals surface area contributed by atoms with Crippen LogP contribution in [0.2, 0.25) is 0 Å². The average molecular weight is 410 g/mol. The van der Waals surface area contributed by atoms with Gasteiger partial charge in [-0.2, -0.15) is 5.26 Å². The fraction of sp³-hybridized carbons (Fsp3) is 0.391. The summed E-state index contributed by atoms with van der Waals surface area (Å²) in [6, 6.07) is 17.7. The number of anilines is 2. The quantitative estimate of drug-likeness (QED) is 0.713. The minimum atomic E-state index is 0.0163. The molecule has 0 radical (unpaired) electrons. The largest absolute Gasteiger partial charge is 0.497 e. The highest BCUT2D eigenvalue weighted by atomic mass is 16.5. The molecule has 2 aromatic rings. The number of quaternary nitrogens is 1. The summed E-state index contributed by atoms with van der Waals surface area (Å²) in [5.74, 6) is 1.51. The summed E-state index contributed by atoms with van der Waals surface area (Å²) in [5, 5.41) is 9.02. The van der Waals surface area contributed by atoms with Crippen molar-refractivity contribution in [3.8, 4) is 17.6 Å². The molecule has 0 saturated carbocycles. The standard InChI is InChI=1S/C23H28N4O3/c1-29-20-10-8-19(9-11-20)26-16-14-25(15-17-26)18-23(28)27(13-5-12-24)21-6-3-4-7-22(21)30-2/h3-4,6-11H,5,13-18H2,1-2H3/p+1. The molecule has 0 spiro atoms. The number of hydrogen-bond donors (Lipinski definition) is 1. The van der Waals surface area contributed by atoms with Crippen molar-refractivity contribution in [1.29, 1.82) is 5.26 Å². The molecule has 1 saturated heterocycles. The van der Waals surface area contributed by atoms with Gasteiger partial charge in [-0.1, -0.05) is 12.1 Å². The Morgan fingerprint density at radius 2 is 1.80 bits per heavy atom. The number of carbonyl (C=O) groups is 1. The van der Waals surface area contributed by atoms with Crippen LogP contribution in [0, 0.1) is 11.3 Å². The monoisotopic (exact) mass is 409 g/mol. The summed E-state index contributed by atoms with van der Waals surface area (Å²) >= 11 is 0. The van der Waals surface area contributed by atoms with Crippen LogP contribution in [0.25, 0.3) is 0 Å². The topological polar surface area (TPSA) is 70.2 Å². The summed E-state index contributed by atoms with van der Waals surface area (Å²) in [7, 11) is 3.26. The minimum Gasteiger partial charge on any atom is -0.497 e. The van der Waals surface area contributed by atoms with Gasteiger partial charge in [-0.3, -0.25) is 4.79 Å². The second kappa shape index (κ2) is 10.5. The van der Waals surface area contributed by atoms with Crippen LogP contribution in [-0.4, -0.2) is 59.4 Å². The average Bonchev–Trinajstić information content (AvgIpc) is 2.80. The molecule has 158 valence electrons. The van der Waals surface area contributed by atoms with E-state index in [1.165, 1.54) is 10.6 Å². The third kappa shape index (κ3) is 5.22. The molecule has 0 bridgehead atoms. The lowest BCUT2D eigenvalue weighted by atomic mass is 10.2. The highest BCUT2D eigenvalue weighted by molar-refractivity contribution is 5.95. The van der Waals surface area contributed by atoms with E-state index in [1.54, 1.807) is 19.1 Å². The molecule has 7 nitrogen and oxygen atoms in total. The van der Waals surface area contributed by atoms with Crippen LogP contribution in [0.1, 0.15) is 6.42 Å². The van der Waals surface area contributed by atoms with Gasteiger partial charge in [0, 0.05) is 12.2 Å². The number of carbonyl (C=O) groups excluding carboxylic acids is 1. The van der Waals surface area contributed by atoms with Crippen LogP contribution in [0.3, 0.4) is 0 Å². The second-order valence-corrected chi connectivity index (χ2v) is 7.24. The van der Waals surface area contributed by atoms with Crippen molar-refractivity contribution >= 4 is 17.3 Å². The number of rotatable bonds is 8. The molecule has 1 amide bonds. The molecule has 0 atom stereocenters. The van der Waals surface area contributed by atoms with Gasteiger partial charge in [-0.15, -0.1) is 0 Å². The van der Waals surface area contributed by atoms with E-state index in [9.17, 15) is 4.79 Å². The van der Waals surface area contributed by atoms with Crippen LogP contribution in [0.15, 0.2) is 48.5 Å². The molecule has 30 heavy (non-hydrogen) atoms. The van der Waals surface area contributed by atoms with E-state index in [4.69, 9.17) is 14.7 Å². The van der Waals surface area contributed by atoms with Crippen molar-refractivity contribution in [3.63, 3.8) is 0 Å². The first-order valence-corrected chi connectivity index (χ1v) is 10.2. The smallest absolute Gasteiger partial charge is 0.282 e. The zero-order chi connectivity index (χ0) is 21.3. The van der Waals surface area contributed by atoms with Crippen molar-refractivity contribution in [1.82, 2.24) is 0 Å². The molecule has 0 aliphatic carbocycles. The third-order valence-electron chi connectivity index (χ3n) is 5.43. The normalized spacial score (nSPS) is 14.1. The number of methoxy groups -OCH3 is 2. The molecule has 0 unspecified atom stereocenters. The molecule has 1 N–H and O–H groups in total. The lowest BCUT2D eigenvalue weighted by Crippen LogP contribution is -3.16. The highest BCUT2D eigenvalue weighted by Gasteiger charge is 2.26. The van der Waals surface area contributed by atoms with Gasteiger partial charge >= 0.3 is 0 Å². The first-order chi connectivity index (χ1) is 14.7. The first-order valence-electron chi connectivity index (χ1n) is 10.2. The maximum atomic E-state index is 13.1. The van der Waals surface area contributed by atoms with Crippen molar-refractivity contribution < 1.29 is 19.2 Å². The molecular weight excluding hydrogens is 380 g/mol. The zero-order valence-electron chi connectivity index (χ0n) is 17.6. The summed E-state index contributed by atoms with van der Waals surface area (Å²) in [4.78, 5) is 18.4. The maximum absolute atomic E-state index is 13.1. The SMILES string of the molecule is COc1ccc(N2CC[NH+](CC(=O)N(CCC#N)c3ccccc3OC)CC2)cc1. The van der Waals surface area contributed by atoms with Crippen LogP contribution in [0.5, 0.6) is 11.5 Å². The molecule has 1 heterocycles. The van der Waals surface area contributed by atoms with E-state index in [2.05, 4.69) is 23.1 Å². The van der Waals surface area contributed by atoms with Gasteiger partial charge in [0.25, 0.3) is 5.91 Å². The van der Waals surface area contributed by atoms with Gasteiger partial charge in [0.2, 0.25) is 0 Å². The van der Waals surface area contributed by atoms with Crippen LogP contribution >= 0.6 is 0 Å². The van der Waals surface area contributed by atoms with E-state index in [0.29, 0.717) is 18.8 Å². The van der Waals surface area contributed by atoms with E-state index >= 15 is 0 Å². The third-order valence-corrected chi connectivity index (χ3v) is 5.43. The fourth-order valence-electron chi connectivity index (χ4n) is 3.75. The van der Waals surface area contributed by atoms with Crippen molar-refractivity contribution in [2.24, 2.45) is 0 Å². The van der Waals surface area contributed by atoms with E-state index in [-0.39, 0.29) is 12.3 Å². The van der Waals surface area contributed by atoms with E-state index in [1.807, 2.05) is 36.4 Å². The highest BCUT2D eigenvalue weighted by Crippen LogP contribution is 2.27. The molecule has 1 aliphatic heterocycles. The predicted molar refractivity (Wildman–Crippen MR) is 116 cm³/mol. The van der Waals surface area contributed by atoms with E-state index in [0.717, 1.165) is 37.6 Å². The Morgan fingerprint density at radius 1 is 1.10 bits per heavy atom. The molecular formula is C23H29N4O3+. The fourth-order valence-corrected chi connectivity index (χ4v) is 3.75. The minimum absolute atomic E-state index is 0.0163. The summed E-state index contributed by atoms with van der Waals surface area (Å²) in [6.07, 6.45) is 0.282. The van der Waals surface area contributed by atoms with Gasteiger partial charge in [0.05, 0.1) is 58.6 Å². The van der Waals surface area contributed by atoms with Crippen LogP contribution < -0.4 is 24.2 Å². The first kappa shape index (κ1) is 21.5. The van der Waals surface area contributed by atoms with Gasteiger partial charge in [-0.25, -0.2) is 0 Å².